The molecule has 0 aromatic heterocycles. The van der Waals surface area contributed by atoms with Gasteiger partial charge in [-0.05, 0) is 25.1 Å². The van der Waals surface area contributed by atoms with Crippen LogP contribution in [0.4, 0.5) is 0 Å². The normalized spacial score (nSPS) is 15.3. The first kappa shape index (κ1) is 13.6. The molecule has 1 N–H and O–H groups in total. The van der Waals surface area contributed by atoms with E-state index < -0.39 is 14.3 Å². The number of aliphatic carboxylic acids is 1. The van der Waals surface area contributed by atoms with Gasteiger partial charge in [0.25, 0.3) is 0 Å². The second-order valence-corrected chi connectivity index (χ2v) is 10.0. The fourth-order valence-corrected chi connectivity index (χ4v) is 2.41. The summed E-state index contributed by atoms with van der Waals surface area (Å²) in [5.41, 5.74) is 0. The number of hydrogen-bond acceptors (Lipinski definition) is 2. The molecule has 3 nitrogen and oxygen atoms in total. The van der Waals surface area contributed by atoms with Crippen molar-refractivity contribution in [3.8, 4) is 0 Å². The Morgan fingerprint density at radius 2 is 1.86 bits per heavy atom. The zero-order valence-corrected chi connectivity index (χ0v) is 11.0. The lowest BCUT2D eigenvalue weighted by atomic mass is 10.2. The lowest BCUT2D eigenvalue weighted by molar-refractivity contribution is -0.138. The van der Waals surface area contributed by atoms with Gasteiger partial charge in [0.1, 0.15) is 0 Å². The molecule has 0 bridgehead atoms. The van der Waals surface area contributed by atoms with E-state index in [2.05, 4.69) is 33.9 Å². The van der Waals surface area contributed by atoms with Crippen LogP contribution in [-0.4, -0.2) is 25.5 Å². The molecular formula is C10H22O3Si. The minimum Gasteiger partial charge on any atom is -0.481 e. The highest BCUT2D eigenvalue weighted by Crippen LogP contribution is 2.37. The fraction of sp³-hybridized carbons (Fsp3) is 0.900. The molecule has 14 heavy (non-hydrogen) atoms. The Morgan fingerprint density at radius 3 is 2.14 bits per heavy atom. The van der Waals surface area contributed by atoms with Crippen molar-refractivity contribution in [2.24, 2.45) is 0 Å². The molecule has 0 rings (SSSR count). The Bertz CT molecular complexity index is 206. The Hall–Kier alpha value is -0.353. The molecular weight excluding hydrogens is 196 g/mol. The largest absolute Gasteiger partial charge is 0.481 e. The molecule has 0 saturated heterocycles. The first-order chi connectivity index (χ1) is 6.06. The third-order valence-corrected chi connectivity index (χ3v) is 7.37. The van der Waals surface area contributed by atoms with Gasteiger partial charge in [-0.3, -0.25) is 4.79 Å². The minimum absolute atomic E-state index is 0.0898. The van der Waals surface area contributed by atoms with E-state index in [1.54, 1.807) is 0 Å². The molecule has 1 atom stereocenters. The summed E-state index contributed by atoms with van der Waals surface area (Å²) < 4.78 is 5.87. The molecule has 0 aliphatic rings. The Morgan fingerprint density at radius 1 is 1.43 bits per heavy atom. The molecule has 0 fully saturated rings. The molecule has 84 valence electrons. The van der Waals surface area contributed by atoms with Gasteiger partial charge in [-0.15, -0.1) is 0 Å². The van der Waals surface area contributed by atoms with Gasteiger partial charge < -0.3 is 9.53 Å². The van der Waals surface area contributed by atoms with Gasteiger partial charge >= 0.3 is 5.97 Å². The topological polar surface area (TPSA) is 46.5 Å². The molecule has 0 heterocycles. The van der Waals surface area contributed by atoms with Crippen LogP contribution >= 0.6 is 0 Å². The fourth-order valence-electron chi connectivity index (χ4n) is 0.967. The van der Waals surface area contributed by atoms with Gasteiger partial charge in [-0.1, -0.05) is 20.8 Å². The second-order valence-electron chi connectivity index (χ2n) is 5.29. The highest BCUT2D eigenvalue weighted by Gasteiger charge is 2.38. The second kappa shape index (κ2) is 4.44. The quantitative estimate of drug-likeness (QED) is 0.738. The summed E-state index contributed by atoms with van der Waals surface area (Å²) in [6, 6.07) is 0. The van der Waals surface area contributed by atoms with Crippen molar-refractivity contribution < 1.29 is 14.3 Å². The highest BCUT2D eigenvalue weighted by molar-refractivity contribution is 6.74. The van der Waals surface area contributed by atoms with Gasteiger partial charge in [-0.2, -0.15) is 0 Å². The molecule has 0 aromatic rings. The van der Waals surface area contributed by atoms with Gasteiger partial charge in [0.2, 0.25) is 0 Å². The summed E-state index contributed by atoms with van der Waals surface area (Å²) in [6.45, 7) is 12.5. The molecule has 0 aliphatic heterocycles. The molecule has 0 saturated carbocycles. The molecule has 0 amide bonds. The van der Waals surface area contributed by atoms with Crippen molar-refractivity contribution in [1.82, 2.24) is 0 Å². The van der Waals surface area contributed by atoms with Crippen LogP contribution in [0.2, 0.25) is 18.1 Å². The van der Waals surface area contributed by atoms with Crippen LogP contribution in [0.25, 0.3) is 0 Å². The van der Waals surface area contributed by atoms with Crippen LogP contribution in [0.15, 0.2) is 0 Å². The highest BCUT2D eigenvalue weighted by atomic mass is 28.4. The maximum atomic E-state index is 10.5. The van der Waals surface area contributed by atoms with Crippen molar-refractivity contribution in [3.63, 3.8) is 0 Å². The average Bonchev–Trinajstić information content (AvgIpc) is 1.79. The number of carboxylic acid groups (broad SMARTS) is 1. The number of rotatable bonds is 4. The smallest absolute Gasteiger partial charge is 0.305 e. The van der Waals surface area contributed by atoms with Crippen LogP contribution in [0.5, 0.6) is 0 Å². The van der Waals surface area contributed by atoms with Crippen molar-refractivity contribution in [1.29, 1.82) is 0 Å². The molecule has 0 spiro atoms. The minimum atomic E-state index is -1.80. The summed E-state index contributed by atoms with van der Waals surface area (Å²) in [6.07, 6.45) is -0.0969. The predicted molar refractivity (Wildman–Crippen MR) is 60.0 cm³/mol. The summed E-state index contributed by atoms with van der Waals surface area (Å²) in [4.78, 5) is 10.5. The van der Waals surface area contributed by atoms with E-state index in [-0.39, 0.29) is 17.6 Å². The van der Waals surface area contributed by atoms with Crippen LogP contribution in [0.1, 0.15) is 34.1 Å². The van der Waals surface area contributed by atoms with Gasteiger partial charge in [0.05, 0.1) is 12.5 Å². The average molecular weight is 218 g/mol. The van der Waals surface area contributed by atoms with E-state index in [0.29, 0.717) is 0 Å². The molecule has 1 unspecified atom stereocenters. The Labute approximate surface area is 87.6 Å². The number of hydrogen-bond donors (Lipinski definition) is 1. The third-order valence-electron chi connectivity index (χ3n) is 2.76. The van der Waals surface area contributed by atoms with Crippen molar-refractivity contribution in [3.05, 3.63) is 0 Å². The summed E-state index contributed by atoms with van der Waals surface area (Å²) in [5.74, 6) is -0.795. The van der Waals surface area contributed by atoms with Gasteiger partial charge in [0.15, 0.2) is 8.32 Å². The molecule has 0 radical (unpaired) electrons. The monoisotopic (exact) mass is 218 g/mol. The van der Waals surface area contributed by atoms with Gasteiger partial charge in [0, 0.05) is 0 Å². The standard InChI is InChI=1S/C10H22O3Si/c1-8(7-9(11)12)13-14(5,6)10(2,3)4/h8H,7H2,1-6H3,(H,11,12). The summed E-state index contributed by atoms with van der Waals surface area (Å²) >= 11 is 0. The van der Waals surface area contributed by atoms with E-state index in [4.69, 9.17) is 9.53 Å². The van der Waals surface area contributed by atoms with Crippen LogP contribution in [0, 0.1) is 0 Å². The summed E-state index contributed by atoms with van der Waals surface area (Å²) in [5, 5.41) is 8.76. The maximum absolute atomic E-state index is 10.5. The molecule has 4 heteroatoms. The van der Waals surface area contributed by atoms with Crippen molar-refractivity contribution in [2.75, 3.05) is 0 Å². The zero-order chi connectivity index (χ0) is 11.6. The van der Waals surface area contributed by atoms with E-state index in [1.165, 1.54) is 0 Å². The van der Waals surface area contributed by atoms with Crippen LogP contribution in [-0.2, 0) is 9.22 Å². The van der Waals surface area contributed by atoms with E-state index in [0.717, 1.165) is 0 Å². The molecule has 0 aromatic carbocycles. The third kappa shape index (κ3) is 4.24. The lowest BCUT2D eigenvalue weighted by Crippen LogP contribution is -2.43. The van der Waals surface area contributed by atoms with E-state index in [9.17, 15) is 4.79 Å². The zero-order valence-electron chi connectivity index (χ0n) is 10.0. The van der Waals surface area contributed by atoms with E-state index >= 15 is 0 Å². The first-order valence-electron chi connectivity index (χ1n) is 4.96. The van der Waals surface area contributed by atoms with Crippen molar-refractivity contribution in [2.45, 2.75) is 58.4 Å². The number of carboxylic acids is 1. The molecule has 0 aliphatic carbocycles. The first-order valence-corrected chi connectivity index (χ1v) is 7.86. The SMILES string of the molecule is CC(CC(=O)O)O[Si](C)(C)C(C)(C)C. The number of carbonyl (C=O) groups is 1. The van der Waals surface area contributed by atoms with Crippen LogP contribution in [0.3, 0.4) is 0 Å². The maximum Gasteiger partial charge on any atom is 0.305 e. The van der Waals surface area contributed by atoms with Gasteiger partial charge in [-0.25, -0.2) is 0 Å². The lowest BCUT2D eigenvalue weighted by Gasteiger charge is -2.38. The van der Waals surface area contributed by atoms with Crippen molar-refractivity contribution >= 4 is 14.3 Å². The predicted octanol–water partition coefficient (Wildman–Crippen LogP) is 2.87. The Balaban J connectivity index is 4.29. The van der Waals surface area contributed by atoms with E-state index in [1.807, 2.05) is 6.92 Å². The van der Waals surface area contributed by atoms with Crippen LogP contribution < -0.4 is 0 Å². The Kier molecular flexibility index (Phi) is 4.33. The summed E-state index contributed by atoms with van der Waals surface area (Å²) in [7, 11) is -1.80.